The molecular weight excluding hydrogens is 381 g/mol. The molecule has 0 bridgehead atoms. The van der Waals surface area contributed by atoms with Crippen LogP contribution in [0.1, 0.15) is 6.92 Å². The van der Waals surface area contributed by atoms with Gasteiger partial charge in [0.1, 0.15) is 11.6 Å². The summed E-state index contributed by atoms with van der Waals surface area (Å²) in [6, 6.07) is 12.3. The lowest BCUT2D eigenvalue weighted by atomic mass is 10.3. The van der Waals surface area contributed by atoms with Gasteiger partial charge in [0, 0.05) is 10.2 Å². The van der Waals surface area contributed by atoms with Gasteiger partial charge in [0.25, 0.3) is 5.91 Å². The van der Waals surface area contributed by atoms with Gasteiger partial charge in [-0.2, -0.15) is 0 Å². The zero-order chi connectivity index (χ0) is 17.5. The molecule has 0 aliphatic rings. The summed E-state index contributed by atoms with van der Waals surface area (Å²) in [6.07, 6.45) is -0.922. The fourth-order valence-corrected chi connectivity index (χ4v) is 2.18. The summed E-state index contributed by atoms with van der Waals surface area (Å²) in [5, 5.41) is 2.60. The van der Waals surface area contributed by atoms with E-state index in [2.05, 4.69) is 21.2 Å². The van der Waals surface area contributed by atoms with Crippen molar-refractivity contribution in [3.63, 3.8) is 0 Å². The molecule has 2 aromatic carbocycles. The molecule has 0 saturated heterocycles. The van der Waals surface area contributed by atoms with E-state index in [1.54, 1.807) is 18.2 Å². The normalized spacial score (nSPS) is 11.5. The molecule has 24 heavy (non-hydrogen) atoms. The van der Waals surface area contributed by atoms with Gasteiger partial charge in [0.05, 0.1) is 0 Å². The van der Waals surface area contributed by atoms with Crippen molar-refractivity contribution in [2.75, 3.05) is 11.9 Å². The van der Waals surface area contributed by atoms with E-state index in [9.17, 15) is 14.0 Å². The highest BCUT2D eigenvalue weighted by Gasteiger charge is 2.18. The van der Waals surface area contributed by atoms with Crippen LogP contribution in [0.25, 0.3) is 0 Å². The molecule has 0 aromatic heterocycles. The van der Waals surface area contributed by atoms with Crippen molar-refractivity contribution in [3.05, 3.63) is 58.8 Å². The quantitative estimate of drug-likeness (QED) is 0.759. The maximum atomic E-state index is 12.8. The first-order chi connectivity index (χ1) is 11.4. The van der Waals surface area contributed by atoms with Crippen LogP contribution in [0.4, 0.5) is 10.1 Å². The fourth-order valence-electron chi connectivity index (χ4n) is 1.78. The van der Waals surface area contributed by atoms with Gasteiger partial charge in [0.2, 0.25) is 0 Å². The molecule has 0 aliphatic heterocycles. The minimum atomic E-state index is -0.922. The Labute approximate surface area is 146 Å². The van der Waals surface area contributed by atoms with Crippen LogP contribution in [0.3, 0.4) is 0 Å². The van der Waals surface area contributed by atoms with E-state index in [1.807, 2.05) is 6.07 Å². The molecule has 0 saturated carbocycles. The molecule has 0 spiro atoms. The number of nitrogens with one attached hydrogen (secondary N) is 1. The van der Waals surface area contributed by atoms with Crippen LogP contribution >= 0.6 is 15.9 Å². The third kappa shape index (κ3) is 5.66. The van der Waals surface area contributed by atoms with E-state index in [0.717, 1.165) is 4.47 Å². The molecule has 1 atom stereocenters. The van der Waals surface area contributed by atoms with Gasteiger partial charge in [0.15, 0.2) is 12.7 Å². The first kappa shape index (κ1) is 17.9. The van der Waals surface area contributed by atoms with Crippen molar-refractivity contribution < 1.29 is 23.5 Å². The van der Waals surface area contributed by atoms with Crippen LogP contribution in [0.2, 0.25) is 0 Å². The van der Waals surface area contributed by atoms with Crippen LogP contribution < -0.4 is 10.1 Å². The molecule has 2 rings (SSSR count). The van der Waals surface area contributed by atoms with E-state index in [-0.39, 0.29) is 0 Å². The maximum Gasteiger partial charge on any atom is 0.347 e. The Morgan fingerprint density at radius 3 is 2.58 bits per heavy atom. The Hall–Kier alpha value is -2.41. The summed E-state index contributed by atoms with van der Waals surface area (Å²) in [5.41, 5.74) is 0.584. The summed E-state index contributed by atoms with van der Waals surface area (Å²) < 4.78 is 23.8. The number of hydrogen-bond donors (Lipinski definition) is 1. The number of anilines is 1. The molecular formula is C17H15BrFNO4. The number of carbonyl (C=O) groups excluding carboxylic acids is 2. The third-order valence-electron chi connectivity index (χ3n) is 2.91. The maximum absolute atomic E-state index is 12.8. The largest absolute Gasteiger partial charge is 0.479 e. The van der Waals surface area contributed by atoms with Crippen LogP contribution in [0, 0.1) is 5.82 Å². The third-order valence-corrected chi connectivity index (χ3v) is 3.41. The molecule has 0 heterocycles. The fraction of sp³-hybridized carbons (Fsp3) is 0.176. The van der Waals surface area contributed by atoms with E-state index in [1.165, 1.54) is 31.2 Å². The summed E-state index contributed by atoms with van der Waals surface area (Å²) in [4.78, 5) is 23.6. The van der Waals surface area contributed by atoms with Gasteiger partial charge in [-0.15, -0.1) is 0 Å². The van der Waals surface area contributed by atoms with Crippen molar-refractivity contribution in [1.29, 1.82) is 0 Å². The van der Waals surface area contributed by atoms with Gasteiger partial charge in [-0.25, -0.2) is 9.18 Å². The number of ether oxygens (including phenoxy) is 2. The highest BCUT2D eigenvalue weighted by Crippen LogP contribution is 2.16. The lowest BCUT2D eigenvalue weighted by Crippen LogP contribution is -2.29. The number of rotatable bonds is 6. The van der Waals surface area contributed by atoms with E-state index in [4.69, 9.17) is 9.47 Å². The minimum absolute atomic E-state index is 0.333. The second kappa shape index (κ2) is 8.44. The van der Waals surface area contributed by atoms with Crippen molar-refractivity contribution in [2.45, 2.75) is 13.0 Å². The topological polar surface area (TPSA) is 64.6 Å². The molecule has 0 aliphatic carbocycles. The van der Waals surface area contributed by atoms with Crippen LogP contribution in [0.15, 0.2) is 53.0 Å². The Balaban J connectivity index is 1.79. The molecule has 7 heteroatoms. The van der Waals surface area contributed by atoms with Crippen molar-refractivity contribution in [3.8, 4) is 5.75 Å². The van der Waals surface area contributed by atoms with E-state index >= 15 is 0 Å². The van der Waals surface area contributed by atoms with Gasteiger partial charge in [-0.1, -0.05) is 22.0 Å². The summed E-state index contributed by atoms with van der Waals surface area (Å²) in [5.74, 6) is -1.22. The number of halogens is 2. The van der Waals surface area contributed by atoms with Gasteiger partial charge in [-0.05, 0) is 49.4 Å². The van der Waals surface area contributed by atoms with Crippen LogP contribution in [-0.2, 0) is 14.3 Å². The second-order valence-corrected chi connectivity index (χ2v) is 5.80. The zero-order valence-corrected chi connectivity index (χ0v) is 14.4. The number of benzene rings is 2. The number of amides is 1. The first-order valence-corrected chi connectivity index (χ1v) is 7.87. The van der Waals surface area contributed by atoms with E-state index in [0.29, 0.717) is 11.4 Å². The van der Waals surface area contributed by atoms with Crippen LogP contribution in [-0.4, -0.2) is 24.6 Å². The number of carbonyl (C=O) groups is 2. The molecule has 5 nitrogen and oxygen atoms in total. The summed E-state index contributed by atoms with van der Waals surface area (Å²) in [6.45, 7) is 1.06. The lowest BCUT2D eigenvalue weighted by Gasteiger charge is -2.14. The lowest BCUT2D eigenvalue weighted by molar-refractivity contribution is -0.153. The van der Waals surface area contributed by atoms with Gasteiger partial charge in [-0.3, -0.25) is 4.79 Å². The van der Waals surface area contributed by atoms with Crippen molar-refractivity contribution in [2.24, 2.45) is 0 Å². The smallest absolute Gasteiger partial charge is 0.347 e. The molecule has 126 valence electrons. The summed E-state index contributed by atoms with van der Waals surface area (Å²) in [7, 11) is 0. The molecule has 1 amide bonds. The Morgan fingerprint density at radius 2 is 1.92 bits per heavy atom. The van der Waals surface area contributed by atoms with Crippen LogP contribution in [0.5, 0.6) is 5.75 Å². The standard InChI is InChI=1S/C17H15BrFNO4/c1-11(24-15-7-5-13(19)6-8-15)17(22)23-10-16(21)20-14-4-2-3-12(18)9-14/h2-9,11H,10H2,1H3,(H,20,21)/t11-/m0/s1. The molecule has 0 radical (unpaired) electrons. The predicted molar refractivity (Wildman–Crippen MR) is 90.2 cm³/mol. The molecule has 0 unspecified atom stereocenters. The van der Waals surface area contributed by atoms with Crippen molar-refractivity contribution >= 4 is 33.5 Å². The zero-order valence-electron chi connectivity index (χ0n) is 12.8. The summed E-state index contributed by atoms with van der Waals surface area (Å²) >= 11 is 3.29. The molecule has 2 aromatic rings. The second-order valence-electron chi connectivity index (χ2n) is 4.88. The highest BCUT2D eigenvalue weighted by atomic mass is 79.9. The minimum Gasteiger partial charge on any atom is -0.479 e. The number of esters is 1. The van der Waals surface area contributed by atoms with E-state index < -0.39 is 30.4 Å². The van der Waals surface area contributed by atoms with Gasteiger partial charge >= 0.3 is 5.97 Å². The Kier molecular flexibility index (Phi) is 6.31. The van der Waals surface area contributed by atoms with Crippen molar-refractivity contribution in [1.82, 2.24) is 0 Å². The predicted octanol–water partition coefficient (Wildman–Crippen LogP) is 3.54. The average molecular weight is 396 g/mol. The Morgan fingerprint density at radius 1 is 1.21 bits per heavy atom. The monoisotopic (exact) mass is 395 g/mol. The first-order valence-electron chi connectivity index (χ1n) is 7.08. The molecule has 0 fully saturated rings. The van der Waals surface area contributed by atoms with Gasteiger partial charge < -0.3 is 14.8 Å². The number of hydrogen-bond acceptors (Lipinski definition) is 4. The molecule has 1 N–H and O–H groups in total. The Bertz CT molecular complexity index is 721. The average Bonchev–Trinajstić information content (AvgIpc) is 2.54. The SMILES string of the molecule is C[C@H](Oc1ccc(F)cc1)C(=O)OCC(=O)Nc1cccc(Br)c1. The highest BCUT2D eigenvalue weighted by molar-refractivity contribution is 9.10.